The predicted molar refractivity (Wildman–Crippen MR) is 63.5 cm³/mol. The molecule has 0 spiro atoms. The molecule has 0 aliphatic carbocycles. The summed E-state index contributed by atoms with van der Waals surface area (Å²) in [5, 5.41) is 8.86. The summed E-state index contributed by atoms with van der Waals surface area (Å²) in [7, 11) is 0. The molecule has 18 heavy (non-hydrogen) atoms. The normalized spacial score (nSPS) is 10.3. The van der Waals surface area contributed by atoms with Gasteiger partial charge in [0.15, 0.2) is 0 Å². The van der Waals surface area contributed by atoms with E-state index in [1.54, 1.807) is 12.4 Å². The fourth-order valence-corrected chi connectivity index (χ4v) is 1.46. The van der Waals surface area contributed by atoms with Gasteiger partial charge in [-0.2, -0.15) is 0 Å². The van der Waals surface area contributed by atoms with Gasteiger partial charge in [-0.3, -0.25) is 14.8 Å². The zero-order chi connectivity index (χ0) is 13.1. The standard InChI is InChI=1S/C12H11N3O3/c1-8-4-14-10(5-13-8)7-15-6-9(12(17)18)2-3-11(15)16/h2-6H,7H2,1H3,(H,17,18). The van der Waals surface area contributed by atoms with Crippen LogP contribution in [0.2, 0.25) is 0 Å². The Bertz CT molecular complexity index is 632. The van der Waals surface area contributed by atoms with E-state index >= 15 is 0 Å². The maximum Gasteiger partial charge on any atom is 0.337 e. The van der Waals surface area contributed by atoms with E-state index in [0.29, 0.717) is 5.69 Å². The highest BCUT2D eigenvalue weighted by atomic mass is 16.4. The highest BCUT2D eigenvalue weighted by Crippen LogP contribution is 2.00. The lowest BCUT2D eigenvalue weighted by atomic mass is 10.3. The molecule has 1 N–H and O–H groups in total. The summed E-state index contributed by atoms with van der Waals surface area (Å²) in [6, 6.07) is 2.51. The van der Waals surface area contributed by atoms with Crippen LogP contribution >= 0.6 is 0 Å². The number of aromatic nitrogens is 3. The summed E-state index contributed by atoms with van der Waals surface area (Å²) in [6.45, 7) is 2.02. The maximum absolute atomic E-state index is 11.6. The number of carboxylic acids is 1. The molecule has 0 aliphatic rings. The van der Waals surface area contributed by atoms with E-state index in [4.69, 9.17) is 5.11 Å². The Labute approximate surface area is 103 Å². The van der Waals surface area contributed by atoms with Crippen LogP contribution in [0.15, 0.2) is 35.5 Å². The van der Waals surface area contributed by atoms with E-state index in [1.807, 2.05) is 6.92 Å². The zero-order valence-corrected chi connectivity index (χ0v) is 9.70. The van der Waals surface area contributed by atoms with Gasteiger partial charge in [-0.1, -0.05) is 0 Å². The third-order valence-corrected chi connectivity index (χ3v) is 2.40. The Morgan fingerprint density at radius 3 is 2.72 bits per heavy atom. The van der Waals surface area contributed by atoms with Crippen LogP contribution in [0.1, 0.15) is 21.7 Å². The van der Waals surface area contributed by atoms with Crippen molar-refractivity contribution in [3.63, 3.8) is 0 Å². The Hall–Kier alpha value is -2.50. The van der Waals surface area contributed by atoms with Crippen LogP contribution in [-0.4, -0.2) is 25.6 Å². The molecule has 0 fully saturated rings. The Balaban J connectivity index is 2.33. The molecular weight excluding hydrogens is 234 g/mol. The number of carbonyl (C=O) groups is 1. The SMILES string of the molecule is Cc1cnc(Cn2cc(C(=O)O)ccc2=O)cn1. The molecule has 2 aromatic heterocycles. The largest absolute Gasteiger partial charge is 0.478 e. The Morgan fingerprint density at radius 2 is 2.11 bits per heavy atom. The van der Waals surface area contributed by atoms with Crippen molar-refractivity contribution in [1.82, 2.24) is 14.5 Å². The molecule has 0 saturated heterocycles. The van der Waals surface area contributed by atoms with Gasteiger partial charge in [0.2, 0.25) is 0 Å². The molecule has 0 radical (unpaired) electrons. The molecule has 0 saturated carbocycles. The number of hydrogen-bond acceptors (Lipinski definition) is 4. The second-order valence-corrected chi connectivity index (χ2v) is 3.84. The van der Waals surface area contributed by atoms with Crippen molar-refractivity contribution >= 4 is 5.97 Å². The summed E-state index contributed by atoms with van der Waals surface area (Å²) in [5.74, 6) is -1.07. The van der Waals surface area contributed by atoms with Gasteiger partial charge in [0.05, 0.1) is 29.7 Å². The lowest BCUT2D eigenvalue weighted by Crippen LogP contribution is -2.21. The van der Waals surface area contributed by atoms with Gasteiger partial charge in [0.1, 0.15) is 0 Å². The number of rotatable bonds is 3. The van der Waals surface area contributed by atoms with Gasteiger partial charge in [0.25, 0.3) is 5.56 Å². The molecule has 2 rings (SSSR count). The number of nitrogens with zero attached hydrogens (tertiary/aromatic N) is 3. The number of aromatic carboxylic acids is 1. The molecule has 2 aromatic rings. The molecule has 0 aromatic carbocycles. The van der Waals surface area contributed by atoms with Gasteiger partial charge in [-0.25, -0.2) is 4.79 Å². The minimum atomic E-state index is -1.07. The van der Waals surface area contributed by atoms with Crippen molar-refractivity contribution in [2.45, 2.75) is 13.5 Å². The summed E-state index contributed by atoms with van der Waals surface area (Å²) in [6.07, 6.45) is 4.46. The molecule has 6 heteroatoms. The van der Waals surface area contributed by atoms with Crippen LogP contribution in [0.3, 0.4) is 0 Å². The van der Waals surface area contributed by atoms with Gasteiger partial charge in [-0.05, 0) is 13.0 Å². The highest BCUT2D eigenvalue weighted by Gasteiger charge is 2.06. The first-order valence-corrected chi connectivity index (χ1v) is 5.27. The monoisotopic (exact) mass is 245 g/mol. The van der Waals surface area contributed by atoms with E-state index in [2.05, 4.69) is 9.97 Å². The van der Waals surface area contributed by atoms with Gasteiger partial charge < -0.3 is 9.67 Å². The predicted octanol–water partition coefficient (Wildman–Crippen LogP) is 0.693. The third-order valence-electron chi connectivity index (χ3n) is 2.40. The van der Waals surface area contributed by atoms with Crippen molar-refractivity contribution < 1.29 is 9.90 Å². The molecule has 92 valence electrons. The van der Waals surface area contributed by atoms with E-state index in [1.165, 1.54) is 22.9 Å². The fraction of sp³-hybridized carbons (Fsp3) is 0.167. The molecule has 0 atom stereocenters. The van der Waals surface area contributed by atoms with Crippen molar-refractivity contribution in [3.05, 3.63) is 58.0 Å². The average molecular weight is 245 g/mol. The quantitative estimate of drug-likeness (QED) is 0.860. The van der Waals surface area contributed by atoms with E-state index in [9.17, 15) is 9.59 Å². The lowest BCUT2D eigenvalue weighted by molar-refractivity contribution is 0.0696. The van der Waals surface area contributed by atoms with Crippen LogP contribution in [0, 0.1) is 6.92 Å². The number of hydrogen-bond donors (Lipinski definition) is 1. The Morgan fingerprint density at radius 1 is 1.33 bits per heavy atom. The van der Waals surface area contributed by atoms with Gasteiger partial charge in [-0.15, -0.1) is 0 Å². The smallest absolute Gasteiger partial charge is 0.337 e. The second kappa shape index (κ2) is 4.79. The highest BCUT2D eigenvalue weighted by molar-refractivity contribution is 5.87. The summed E-state index contributed by atoms with van der Waals surface area (Å²) >= 11 is 0. The molecule has 0 bridgehead atoms. The molecular formula is C12H11N3O3. The van der Waals surface area contributed by atoms with Crippen LogP contribution in [0.4, 0.5) is 0 Å². The van der Waals surface area contributed by atoms with E-state index in [0.717, 1.165) is 5.69 Å². The van der Waals surface area contributed by atoms with Gasteiger partial charge in [0, 0.05) is 18.5 Å². The van der Waals surface area contributed by atoms with Crippen LogP contribution in [0.5, 0.6) is 0 Å². The average Bonchev–Trinajstić information content (AvgIpc) is 2.34. The number of aryl methyl sites for hydroxylation is 1. The van der Waals surface area contributed by atoms with Crippen LogP contribution in [-0.2, 0) is 6.54 Å². The second-order valence-electron chi connectivity index (χ2n) is 3.84. The van der Waals surface area contributed by atoms with E-state index in [-0.39, 0.29) is 17.7 Å². The summed E-state index contributed by atoms with van der Waals surface area (Å²) in [4.78, 5) is 30.6. The van der Waals surface area contributed by atoms with Crippen molar-refractivity contribution in [3.8, 4) is 0 Å². The van der Waals surface area contributed by atoms with Gasteiger partial charge >= 0.3 is 5.97 Å². The number of pyridine rings is 1. The topological polar surface area (TPSA) is 85.1 Å². The summed E-state index contributed by atoms with van der Waals surface area (Å²) < 4.78 is 1.29. The first-order chi connectivity index (χ1) is 8.56. The first kappa shape index (κ1) is 12.0. The summed E-state index contributed by atoms with van der Waals surface area (Å²) in [5.41, 5.74) is 1.17. The molecule has 0 unspecified atom stereocenters. The molecule has 6 nitrogen and oxygen atoms in total. The van der Waals surface area contributed by atoms with E-state index < -0.39 is 5.97 Å². The zero-order valence-electron chi connectivity index (χ0n) is 9.70. The first-order valence-electron chi connectivity index (χ1n) is 5.27. The maximum atomic E-state index is 11.6. The van der Waals surface area contributed by atoms with Crippen LogP contribution < -0.4 is 5.56 Å². The third kappa shape index (κ3) is 2.60. The molecule has 0 aliphatic heterocycles. The molecule has 2 heterocycles. The van der Waals surface area contributed by atoms with Crippen molar-refractivity contribution in [1.29, 1.82) is 0 Å². The number of carboxylic acid groups (broad SMARTS) is 1. The minimum absolute atomic E-state index is 0.0645. The van der Waals surface area contributed by atoms with Crippen molar-refractivity contribution in [2.24, 2.45) is 0 Å². The fourth-order valence-electron chi connectivity index (χ4n) is 1.46. The van der Waals surface area contributed by atoms with Crippen LogP contribution in [0.25, 0.3) is 0 Å². The molecule has 0 amide bonds. The van der Waals surface area contributed by atoms with Crippen molar-refractivity contribution in [2.75, 3.05) is 0 Å². The Kier molecular flexibility index (Phi) is 3.18. The minimum Gasteiger partial charge on any atom is -0.478 e. The lowest BCUT2D eigenvalue weighted by Gasteiger charge is -2.05.